The van der Waals surface area contributed by atoms with Gasteiger partial charge in [-0.15, -0.1) is 0 Å². The van der Waals surface area contributed by atoms with E-state index in [1.807, 2.05) is 24.3 Å². The lowest BCUT2D eigenvalue weighted by Crippen LogP contribution is -1.92. The predicted molar refractivity (Wildman–Crippen MR) is 70.2 cm³/mol. The Bertz CT molecular complexity index is 535. The monoisotopic (exact) mass is 244 g/mol. The largest absolute Gasteiger partial charge is 0.508 e. The highest BCUT2D eigenvalue weighted by Crippen LogP contribution is 2.26. The first kappa shape index (κ1) is 12.3. The molecule has 2 aromatic rings. The van der Waals surface area contributed by atoms with E-state index >= 15 is 0 Å². The maximum Gasteiger partial charge on any atom is 0.160 e. The Hall–Kier alpha value is -2.16. The van der Waals surface area contributed by atoms with Gasteiger partial charge in [-0.1, -0.05) is 18.2 Å². The summed E-state index contributed by atoms with van der Waals surface area (Å²) in [5.41, 5.74) is 2.18. The maximum atomic E-state index is 9.50. The summed E-state index contributed by atoms with van der Waals surface area (Å²) in [4.78, 5) is 0. The van der Waals surface area contributed by atoms with Crippen LogP contribution in [0.2, 0.25) is 0 Å². The first-order valence-corrected chi connectivity index (χ1v) is 5.83. The maximum absolute atomic E-state index is 9.50. The molecule has 0 amide bonds. The Morgan fingerprint density at radius 2 is 1.67 bits per heavy atom. The van der Waals surface area contributed by atoms with Crippen molar-refractivity contribution < 1.29 is 14.9 Å². The van der Waals surface area contributed by atoms with Crippen LogP contribution >= 0.6 is 0 Å². The van der Waals surface area contributed by atoms with Crippen molar-refractivity contribution in [1.29, 1.82) is 0 Å². The average molecular weight is 244 g/mol. The Kier molecular flexibility index (Phi) is 3.72. The number of rotatable bonds is 4. The van der Waals surface area contributed by atoms with E-state index in [4.69, 9.17) is 4.74 Å². The fourth-order valence-electron chi connectivity index (χ4n) is 1.88. The molecule has 2 N–H and O–H groups in total. The van der Waals surface area contributed by atoms with Crippen LogP contribution in [0.5, 0.6) is 17.2 Å². The molecule has 0 bridgehead atoms. The highest BCUT2D eigenvalue weighted by molar-refractivity contribution is 5.42. The van der Waals surface area contributed by atoms with E-state index in [9.17, 15) is 10.2 Å². The van der Waals surface area contributed by atoms with E-state index in [1.165, 1.54) is 7.11 Å². The quantitative estimate of drug-likeness (QED) is 0.869. The van der Waals surface area contributed by atoms with E-state index in [2.05, 4.69) is 0 Å². The second kappa shape index (κ2) is 5.45. The number of hydrogen-bond donors (Lipinski definition) is 2. The zero-order valence-corrected chi connectivity index (χ0v) is 10.3. The molecule has 0 fully saturated rings. The van der Waals surface area contributed by atoms with E-state index in [0.717, 1.165) is 24.0 Å². The van der Waals surface area contributed by atoms with E-state index in [1.54, 1.807) is 18.2 Å². The minimum atomic E-state index is 0.151. The van der Waals surface area contributed by atoms with Crippen LogP contribution in [0.3, 0.4) is 0 Å². The third-order valence-electron chi connectivity index (χ3n) is 2.86. The zero-order chi connectivity index (χ0) is 13.0. The molecule has 0 unspecified atom stereocenters. The lowest BCUT2D eigenvalue weighted by atomic mass is 10.0. The second-order valence-electron chi connectivity index (χ2n) is 4.18. The molecule has 0 aliphatic carbocycles. The highest BCUT2D eigenvalue weighted by atomic mass is 16.5. The van der Waals surface area contributed by atoms with Gasteiger partial charge < -0.3 is 14.9 Å². The van der Waals surface area contributed by atoms with E-state index in [0.29, 0.717) is 5.75 Å². The molecule has 18 heavy (non-hydrogen) atoms. The highest BCUT2D eigenvalue weighted by Gasteiger charge is 2.03. The summed E-state index contributed by atoms with van der Waals surface area (Å²) in [6.07, 6.45) is 1.67. The SMILES string of the molecule is COc1cc(CCc2cccc(O)c2)ccc1O. The molecule has 0 saturated carbocycles. The minimum absolute atomic E-state index is 0.151. The Morgan fingerprint density at radius 1 is 0.944 bits per heavy atom. The van der Waals surface area contributed by atoms with Crippen LogP contribution in [-0.2, 0) is 12.8 Å². The molecule has 3 heteroatoms. The molecular formula is C15H16O3. The molecule has 94 valence electrons. The predicted octanol–water partition coefficient (Wildman–Crippen LogP) is 2.89. The van der Waals surface area contributed by atoms with Crippen LogP contribution < -0.4 is 4.74 Å². The lowest BCUT2D eigenvalue weighted by Gasteiger charge is -2.07. The number of ether oxygens (including phenoxy) is 1. The van der Waals surface area contributed by atoms with Crippen molar-refractivity contribution in [3.63, 3.8) is 0 Å². The van der Waals surface area contributed by atoms with Crippen LogP contribution in [0.25, 0.3) is 0 Å². The second-order valence-corrected chi connectivity index (χ2v) is 4.18. The molecule has 0 aliphatic rings. The van der Waals surface area contributed by atoms with Gasteiger partial charge in [-0.05, 0) is 48.2 Å². The Balaban J connectivity index is 2.06. The normalized spacial score (nSPS) is 10.3. The lowest BCUT2D eigenvalue weighted by molar-refractivity contribution is 0.373. The molecule has 0 aliphatic heterocycles. The number of aromatic hydroxyl groups is 2. The van der Waals surface area contributed by atoms with Gasteiger partial charge in [0, 0.05) is 0 Å². The summed E-state index contributed by atoms with van der Waals surface area (Å²) in [5.74, 6) is 0.929. The van der Waals surface area contributed by atoms with Gasteiger partial charge in [0.15, 0.2) is 11.5 Å². The van der Waals surface area contributed by atoms with Crippen molar-refractivity contribution in [2.45, 2.75) is 12.8 Å². The number of phenolic OH excluding ortho intramolecular Hbond substituents is 2. The molecule has 2 rings (SSSR count). The third kappa shape index (κ3) is 2.94. The van der Waals surface area contributed by atoms with Crippen LogP contribution in [0.15, 0.2) is 42.5 Å². The van der Waals surface area contributed by atoms with Gasteiger partial charge in [-0.2, -0.15) is 0 Å². The molecular weight excluding hydrogens is 228 g/mol. The summed E-state index contributed by atoms with van der Waals surface area (Å²) >= 11 is 0. The van der Waals surface area contributed by atoms with Crippen molar-refractivity contribution in [2.75, 3.05) is 7.11 Å². The molecule has 0 spiro atoms. The van der Waals surface area contributed by atoms with Crippen LogP contribution in [0.1, 0.15) is 11.1 Å². The summed E-state index contributed by atoms with van der Waals surface area (Å²) in [6.45, 7) is 0. The molecule has 3 nitrogen and oxygen atoms in total. The average Bonchev–Trinajstić information content (AvgIpc) is 2.38. The van der Waals surface area contributed by atoms with E-state index < -0.39 is 0 Å². The first-order chi connectivity index (χ1) is 8.69. The van der Waals surface area contributed by atoms with Crippen molar-refractivity contribution in [2.24, 2.45) is 0 Å². The van der Waals surface area contributed by atoms with Gasteiger partial charge in [0.05, 0.1) is 7.11 Å². The summed E-state index contributed by atoms with van der Waals surface area (Å²) in [5, 5.41) is 18.9. The summed E-state index contributed by atoms with van der Waals surface area (Å²) in [7, 11) is 1.54. The minimum Gasteiger partial charge on any atom is -0.508 e. The van der Waals surface area contributed by atoms with Gasteiger partial charge >= 0.3 is 0 Å². The number of phenols is 2. The van der Waals surface area contributed by atoms with Crippen molar-refractivity contribution in [3.05, 3.63) is 53.6 Å². The number of aryl methyl sites for hydroxylation is 2. The van der Waals surface area contributed by atoms with Crippen molar-refractivity contribution in [3.8, 4) is 17.2 Å². The topological polar surface area (TPSA) is 49.7 Å². The van der Waals surface area contributed by atoms with Crippen LogP contribution in [0, 0.1) is 0 Å². The molecule has 0 saturated heterocycles. The van der Waals surface area contributed by atoms with Crippen molar-refractivity contribution in [1.82, 2.24) is 0 Å². The number of hydrogen-bond acceptors (Lipinski definition) is 3. The van der Waals surface area contributed by atoms with Crippen LogP contribution in [0.4, 0.5) is 0 Å². The van der Waals surface area contributed by atoms with Gasteiger partial charge in [-0.25, -0.2) is 0 Å². The number of benzene rings is 2. The van der Waals surface area contributed by atoms with Gasteiger partial charge in [0.1, 0.15) is 5.75 Å². The van der Waals surface area contributed by atoms with Gasteiger partial charge in [0.2, 0.25) is 0 Å². The number of methoxy groups -OCH3 is 1. The fourth-order valence-corrected chi connectivity index (χ4v) is 1.88. The van der Waals surface area contributed by atoms with Gasteiger partial charge in [-0.3, -0.25) is 0 Å². The van der Waals surface area contributed by atoms with E-state index in [-0.39, 0.29) is 11.5 Å². The molecule has 0 heterocycles. The smallest absolute Gasteiger partial charge is 0.160 e. The molecule has 0 atom stereocenters. The molecule has 0 radical (unpaired) electrons. The molecule has 2 aromatic carbocycles. The Labute approximate surface area is 106 Å². The van der Waals surface area contributed by atoms with Gasteiger partial charge in [0.25, 0.3) is 0 Å². The molecule has 0 aromatic heterocycles. The van der Waals surface area contributed by atoms with Crippen LogP contribution in [-0.4, -0.2) is 17.3 Å². The fraction of sp³-hybridized carbons (Fsp3) is 0.200. The third-order valence-corrected chi connectivity index (χ3v) is 2.86. The van der Waals surface area contributed by atoms with Crippen molar-refractivity contribution >= 4 is 0 Å². The summed E-state index contributed by atoms with van der Waals surface area (Å²) < 4.78 is 5.07. The first-order valence-electron chi connectivity index (χ1n) is 5.83. The standard InChI is InChI=1S/C15H16O3/c1-18-15-10-12(7-8-14(15)17)6-5-11-3-2-4-13(16)9-11/h2-4,7-10,16-17H,5-6H2,1H3. The summed E-state index contributed by atoms with van der Waals surface area (Å²) in [6, 6.07) is 12.6. The zero-order valence-electron chi connectivity index (χ0n) is 10.3. The Morgan fingerprint density at radius 3 is 2.33 bits per heavy atom.